The second-order valence-corrected chi connectivity index (χ2v) is 4.94. The summed E-state index contributed by atoms with van der Waals surface area (Å²) >= 11 is 3.49. The maximum absolute atomic E-state index is 5.82. The zero-order valence-electron chi connectivity index (χ0n) is 11.3. The van der Waals surface area contributed by atoms with E-state index in [0.29, 0.717) is 5.95 Å². The molecule has 1 heterocycles. The molecule has 0 bridgehead atoms. The minimum absolute atomic E-state index is 0.434. The summed E-state index contributed by atoms with van der Waals surface area (Å²) in [5.41, 5.74) is 8.39. The van der Waals surface area contributed by atoms with Gasteiger partial charge in [-0.1, -0.05) is 0 Å². The molecule has 0 aliphatic carbocycles. The molecule has 0 spiro atoms. The minimum atomic E-state index is 0.434. The van der Waals surface area contributed by atoms with Gasteiger partial charge in [-0.2, -0.15) is 0 Å². The molecule has 2 N–H and O–H groups in total. The van der Waals surface area contributed by atoms with Gasteiger partial charge in [0.15, 0.2) is 0 Å². The first kappa shape index (κ1) is 13.7. The number of nitrogens with two attached hydrogens (primary N) is 1. The summed E-state index contributed by atoms with van der Waals surface area (Å²) in [5, 5.41) is 0. The summed E-state index contributed by atoms with van der Waals surface area (Å²) in [7, 11) is 5.11. The molecular formula is C13H16BrN3O2. The van der Waals surface area contributed by atoms with Crippen molar-refractivity contribution in [2.75, 3.05) is 20.0 Å². The topological polar surface area (TPSA) is 62.3 Å². The maximum atomic E-state index is 5.82. The second kappa shape index (κ2) is 5.13. The lowest BCUT2D eigenvalue weighted by Crippen LogP contribution is -1.96. The predicted molar refractivity (Wildman–Crippen MR) is 78.6 cm³/mol. The van der Waals surface area contributed by atoms with Crippen LogP contribution in [0.1, 0.15) is 5.56 Å². The van der Waals surface area contributed by atoms with Gasteiger partial charge >= 0.3 is 0 Å². The van der Waals surface area contributed by atoms with Gasteiger partial charge in [0.25, 0.3) is 0 Å². The van der Waals surface area contributed by atoms with E-state index in [4.69, 9.17) is 15.2 Å². The van der Waals surface area contributed by atoms with Gasteiger partial charge < -0.3 is 19.8 Å². The van der Waals surface area contributed by atoms with Crippen LogP contribution in [0, 0.1) is 6.92 Å². The van der Waals surface area contributed by atoms with E-state index in [1.165, 1.54) is 0 Å². The van der Waals surface area contributed by atoms with E-state index >= 15 is 0 Å². The van der Waals surface area contributed by atoms with Crippen LogP contribution in [-0.4, -0.2) is 23.8 Å². The van der Waals surface area contributed by atoms with Crippen LogP contribution in [0.3, 0.4) is 0 Å². The molecule has 0 radical (unpaired) electrons. The Hall–Kier alpha value is -1.69. The quantitative estimate of drug-likeness (QED) is 0.942. The van der Waals surface area contributed by atoms with Crippen LogP contribution in [0.15, 0.2) is 16.7 Å². The van der Waals surface area contributed by atoms with E-state index in [9.17, 15) is 0 Å². The molecule has 0 fully saturated rings. The van der Waals surface area contributed by atoms with Crippen LogP contribution in [0.4, 0.5) is 5.95 Å². The Labute approximate surface area is 120 Å². The third-order valence-corrected chi connectivity index (χ3v) is 3.94. The van der Waals surface area contributed by atoms with Crippen molar-refractivity contribution >= 4 is 21.9 Å². The number of nitrogens with zero attached hydrogens (tertiary/aromatic N) is 2. The Morgan fingerprint density at radius 2 is 1.84 bits per heavy atom. The van der Waals surface area contributed by atoms with Gasteiger partial charge in [0.2, 0.25) is 5.95 Å². The number of halogens is 1. The van der Waals surface area contributed by atoms with Gasteiger partial charge in [-0.05, 0) is 40.5 Å². The Kier molecular flexibility index (Phi) is 3.71. The number of benzene rings is 1. The third kappa shape index (κ3) is 2.28. The smallest absolute Gasteiger partial charge is 0.201 e. The van der Waals surface area contributed by atoms with Gasteiger partial charge in [0.1, 0.15) is 21.8 Å². The molecule has 0 saturated carbocycles. The van der Waals surface area contributed by atoms with Crippen LogP contribution in [0.25, 0.3) is 11.3 Å². The molecule has 19 heavy (non-hydrogen) atoms. The SMILES string of the molecule is COc1cc(-c2nc(N)n(C)c2Br)c(OC)cc1C. The molecule has 6 heteroatoms. The van der Waals surface area contributed by atoms with E-state index in [1.54, 1.807) is 18.8 Å². The number of rotatable bonds is 3. The Morgan fingerprint density at radius 3 is 2.32 bits per heavy atom. The van der Waals surface area contributed by atoms with Crippen molar-refractivity contribution in [3.8, 4) is 22.8 Å². The number of hydrogen-bond acceptors (Lipinski definition) is 4. The van der Waals surface area contributed by atoms with Crippen LogP contribution in [0.5, 0.6) is 11.5 Å². The Morgan fingerprint density at radius 1 is 1.21 bits per heavy atom. The summed E-state index contributed by atoms with van der Waals surface area (Å²) < 4.78 is 13.3. The molecule has 5 nitrogen and oxygen atoms in total. The van der Waals surface area contributed by atoms with Gasteiger partial charge in [0.05, 0.1) is 14.2 Å². The number of anilines is 1. The summed E-state index contributed by atoms with van der Waals surface area (Å²) in [6.07, 6.45) is 0. The van der Waals surface area contributed by atoms with Gasteiger partial charge in [-0.25, -0.2) is 4.98 Å². The van der Waals surface area contributed by atoms with Crippen LogP contribution in [0.2, 0.25) is 0 Å². The zero-order chi connectivity index (χ0) is 14.2. The van der Waals surface area contributed by atoms with Gasteiger partial charge in [0, 0.05) is 12.6 Å². The highest BCUT2D eigenvalue weighted by Gasteiger charge is 2.18. The number of nitrogen functional groups attached to an aromatic ring is 1. The summed E-state index contributed by atoms with van der Waals surface area (Å²) in [5.74, 6) is 1.95. The summed E-state index contributed by atoms with van der Waals surface area (Å²) in [4.78, 5) is 4.35. The minimum Gasteiger partial charge on any atom is -0.496 e. The molecule has 1 aromatic heterocycles. The molecule has 0 aliphatic rings. The first-order chi connectivity index (χ1) is 8.99. The standard InChI is InChI=1S/C13H16BrN3O2/c1-7-5-10(19-4)8(6-9(7)18-3)11-12(14)17(2)13(15)16-11/h5-6H,1-4H3,(H2,15,16). The lowest BCUT2D eigenvalue weighted by molar-refractivity contribution is 0.401. The Balaban J connectivity index is 2.69. The van der Waals surface area contributed by atoms with Crippen LogP contribution < -0.4 is 15.2 Å². The van der Waals surface area contributed by atoms with Gasteiger partial charge in [-0.15, -0.1) is 0 Å². The first-order valence-electron chi connectivity index (χ1n) is 5.70. The fraction of sp³-hybridized carbons (Fsp3) is 0.308. The first-order valence-corrected chi connectivity index (χ1v) is 6.49. The molecule has 0 saturated heterocycles. The van der Waals surface area contributed by atoms with Crippen molar-refractivity contribution in [3.63, 3.8) is 0 Å². The molecule has 0 atom stereocenters. The largest absolute Gasteiger partial charge is 0.496 e. The number of hydrogen-bond donors (Lipinski definition) is 1. The monoisotopic (exact) mass is 325 g/mol. The molecule has 2 rings (SSSR count). The van der Waals surface area contributed by atoms with Gasteiger partial charge in [-0.3, -0.25) is 0 Å². The highest BCUT2D eigenvalue weighted by Crippen LogP contribution is 2.39. The molecule has 1 aromatic carbocycles. The number of aromatic nitrogens is 2. The van der Waals surface area contributed by atoms with E-state index in [1.807, 2.05) is 26.1 Å². The van der Waals surface area contributed by atoms with Crippen molar-refractivity contribution < 1.29 is 9.47 Å². The number of methoxy groups -OCH3 is 2. The van der Waals surface area contributed by atoms with Crippen molar-refractivity contribution in [2.24, 2.45) is 7.05 Å². The van der Waals surface area contributed by atoms with E-state index in [2.05, 4.69) is 20.9 Å². The average Bonchev–Trinajstić information content (AvgIpc) is 2.66. The second-order valence-electron chi connectivity index (χ2n) is 4.19. The fourth-order valence-electron chi connectivity index (χ4n) is 1.90. The highest BCUT2D eigenvalue weighted by molar-refractivity contribution is 9.10. The Bertz CT molecular complexity index is 623. The third-order valence-electron chi connectivity index (χ3n) is 3.03. The molecule has 102 valence electrons. The normalized spacial score (nSPS) is 10.6. The lowest BCUT2D eigenvalue weighted by Gasteiger charge is -2.12. The van der Waals surface area contributed by atoms with Crippen LogP contribution >= 0.6 is 15.9 Å². The number of imidazole rings is 1. The highest BCUT2D eigenvalue weighted by atomic mass is 79.9. The lowest BCUT2D eigenvalue weighted by atomic mass is 10.1. The molecule has 0 aliphatic heterocycles. The zero-order valence-corrected chi connectivity index (χ0v) is 12.9. The van der Waals surface area contributed by atoms with E-state index < -0.39 is 0 Å². The predicted octanol–water partition coefficient (Wildman–Crippen LogP) is 2.76. The molecule has 0 amide bonds. The van der Waals surface area contributed by atoms with Crippen molar-refractivity contribution in [1.29, 1.82) is 0 Å². The number of aryl methyl sites for hydroxylation is 1. The molecule has 0 unspecified atom stereocenters. The summed E-state index contributed by atoms with van der Waals surface area (Å²) in [6.45, 7) is 1.97. The van der Waals surface area contributed by atoms with E-state index in [0.717, 1.165) is 32.9 Å². The molecular weight excluding hydrogens is 310 g/mol. The number of ether oxygens (including phenoxy) is 2. The van der Waals surface area contributed by atoms with E-state index in [-0.39, 0.29) is 0 Å². The van der Waals surface area contributed by atoms with Crippen molar-refractivity contribution in [1.82, 2.24) is 9.55 Å². The maximum Gasteiger partial charge on any atom is 0.201 e. The molecule has 2 aromatic rings. The van der Waals surface area contributed by atoms with Crippen LogP contribution in [-0.2, 0) is 7.05 Å². The average molecular weight is 326 g/mol. The fourth-order valence-corrected chi connectivity index (χ4v) is 2.39. The van der Waals surface area contributed by atoms with Crippen molar-refractivity contribution in [2.45, 2.75) is 6.92 Å². The van der Waals surface area contributed by atoms with Crippen molar-refractivity contribution in [3.05, 3.63) is 22.3 Å². The summed E-state index contributed by atoms with van der Waals surface area (Å²) in [6, 6.07) is 3.83.